The Morgan fingerprint density at radius 1 is 1.33 bits per heavy atom. The maximum Gasteiger partial charge on any atom is 0.239 e. The Labute approximate surface area is 111 Å². The summed E-state index contributed by atoms with van der Waals surface area (Å²) < 4.78 is 0. The molecule has 1 aliphatic rings. The van der Waals surface area contributed by atoms with E-state index in [-0.39, 0.29) is 5.91 Å². The van der Waals surface area contributed by atoms with E-state index in [1.165, 1.54) is 32.1 Å². The third kappa shape index (κ3) is 4.58. The van der Waals surface area contributed by atoms with Crippen molar-refractivity contribution in [2.45, 2.75) is 57.5 Å². The van der Waals surface area contributed by atoms with Gasteiger partial charge in [-0.25, -0.2) is 0 Å². The fraction of sp³-hybridized carbons (Fsp3) is 0.929. The summed E-state index contributed by atoms with van der Waals surface area (Å²) in [5.74, 6) is 0.639. The van der Waals surface area contributed by atoms with Crippen molar-refractivity contribution in [2.24, 2.45) is 11.7 Å². The highest BCUT2D eigenvalue weighted by molar-refractivity contribution is 5.85. The molecule has 1 rings (SSSR count). The highest BCUT2D eigenvalue weighted by atomic mass is 16.2. The van der Waals surface area contributed by atoms with Gasteiger partial charge in [-0.1, -0.05) is 19.3 Å². The second-order valence-corrected chi connectivity index (χ2v) is 6.36. The van der Waals surface area contributed by atoms with Crippen LogP contribution in [0.1, 0.15) is 46.0 Å². The molecule has 3 N–H and O–H groups in total. The molecule has 1 saturated carbocycles. The maximum absolute atomic E-state index is 11.8. The van der Waals surface area contributed by atoms with Gasteiger partial charge in [0.25, 0.3) is 0 Å². The first-order valence-corrected chi connectivity index (χ1v) is 7.06. The number of likely N-dealkylation sites (N-methyl/N-ethyl adjacent to an activating group) is 1. The van der Waals surface area contributed by atoms with Gasteiger partial charge in [0.05, 0.1) is 5.54 Å². The number of hydrogen-bond donors (Lipinski definition) is 2. The van der Waals surface area contributed by atoms with E-state index < -0.39 is 5.54 Å². The minimum Gasteiger partial charge on any atom is -0.353 e. The molecule has 0 heterocycles. The van der Waals surface area contributed by atoms with Crippen molar-refractivity contribution in [1.82, 2.24) is 10.2 Å². The molecule has 0 aromatic carbocycles. The molecule has 0 spiro atoms. The topological polar surface area (TPSA) is 58.4 Å². The van der Waals surface area contributed by atoms with Crippen LogP contribution in [0.3, 0.4) is 0 Å². The first-order chi connectivity index (χ1) is 8.32. The fourth-order valence-electron chi connectivity index (χ4n) is 2.71. The van der Waals surface area contributed by atoms with E-state index in [1.807, 2.05) is 0 Å². The van der Waals surface area contributed by atoms with E-state index in [0.29, 0.717) is 18.5 Å². The molecule has 4 nitrogen and oxygen atoms in total. The zero-order valence-electron chi connectivity index (χ0n) is 12.3. The van der Waals surface area contributed by atoms with Crippen LogP contribution in [-0.2, 0) is 4.79 Å². The molecular formula is C14H29N3O. The zero-order chi connectivity index (χ0) is 13.8. The maximum atomic E-state index is 11.8. The smallest absolute Gasteiger partial charge is 0.239 e. The van der Waals surface area contributed by atoms with E-state index in [2.05, 4.69) is 24.3 Å². The highest BCUT2D eigenvalue weighted by Crippen LogP contribution is 2.28. The lowest BCUT2D eigenvalue weighted by molar-refractivity contribution is -0.125. The molecule has 4 heteroatoms. The molecule has 18 heavy (non-hydrogen) atoms. The molecule has 1 unspecified atom stereocenters. The van der Waals surface area contributed by atoms with Gasteiger partial charge in [0.1, 0.15) is 0 Å². The van der Waals surface area contributed by atoms with Crippen LogP contribution in [0.5, 0.6) is 0 Å². The summed E-state index contributed by atoms with van der Waals surface area (Å²) in [6.45, 7) is 4.19. The average Bonchev–Trinajstić information content (AvgIpc) is 2.28. The lowest BCUT2D eigenvalue weighted by atomic mass is 9.83. The number of carbonyl (C=O) groups is 1. The number of nitrogens with one attached hydrogen (secondary N) is 1. The number of rotatable bonds is 5. The van der Waals surface area contributed by atoms with Gasteiger partial charge >= 0.3 is 0 Å². The predicted octanol–water partition coefficient (Wildman–Crippen LogP) is 1.35. The lowest BCUT2D eigenvalue weighted by Crippen LogP contribution is -2.53. The molecule has 0 bridgehead atoms. The number of nitrogens with zero attached hydrogens (tertiary/aromatic N) is 1. The number of amides is 1. The van der Waals surface area contributed by atoms with Crippen LogP contribution >= 0.6 is 0 Å². The van der Waals surface area contributed by atoms with Crippen molar-refractivity contribution in [2.75, 3.05) is 20.6 Å². The van der Waals surface area contributed by atoms with Gasteiger partial charge in [-0.3, -0.25) is 4.79 Å². The van der Waals surface area contributed by atoms with Gasteiger partial charge in [0, 0.05) is 12.6 Å². The van der Waals surface area contributed by atoms with Crippen LogP contribution in [0.2, 0.25) is 0 Å². The number of hydrogen-bond acceptors (Lipinski definition) is 3. The molecule has 0 saturated heterocycles. The van der Waals surface area contributed by atoms with Crippen LogP contribution in [0.25, 0.3) is 0 Å². The van der Waals surface area contributed by atoms with Crippen LogP contribution in [0.4, 0.5) is 0 Å². The third-order valence-electron chi connectivity index (χ3n) is 3.91. The first kappa shape index (κ1) is 15.4. The highest BCUT2D eigenvalue weighted by Gasteiger charge is 2.28. The molecule has 0 radical (unpaired) electrons. The predicted molar refractivity (Wildman–Crippen MR) is 75.3 cm³/mol. The quantitative estimate of drug-likeness (QED) is 0.779. The van der Waals surface area contributed by atoms with Crippen molar-refractivity contribution in [3.05, 3.63) is 0 Å². The minimum absolute atomic E-state index is 0.0647. The SMILES string of the molecule is CN(C)C(CNC(=O)C(C)(C)N)C1CCCCC1. The van der Waals surface area contributed by atoms with E-state index >= 15 is 0 Å². The fourth-order valence-corrected chi connectivity index (χ4v) is 2.71. The Morgan fingerprint density at radius 2 is 1.89 bits per heavy atom. The van der Waals surface area contributed by atoms with Crippen LogP contribution in [0, 0.1) is 5.92 Å². The molecule has 106 valence electrons. The van der Waals surface area contributed by atoms with Crippen LogP contribution < -0.4 is 11.1 Å². The van der Waals surface area contributed by atoms with Crippen molar-refractivity contribution in [1.29, 1.82) is 0 Å². The molecule has 0 aromatic heterocycles. The molecular weight excluding hydrogens is 226 g/mol. The van der Waals surface area contributed by atoms with Gasteiger partial charge in [-0.15, -0.1) is 0 Å². The van der Waals surface area contributed by atoms with E-state index in [9.17, 15) is 4.79 Å². The summed E-state index contributed by atoms with van der Waals surface area (Å²) in [7, 11) is 4.19. The van der Waals surface area contributed by atoms with Crippen molar-refractivity contribution < 1.29 is 4.79 Å². The molecule has 1 aliphatic carbocycles. The van der Waals surface area contributed by atoms with Crippen molar-refractivity contribution >= 4 is 5.91 Å². The average molecular weight is 255 g/mol. The third-order valence-corrected chi connectivity index (χ3v) is 3.91. The second-order valence-electron chi connectivity index (χ2n) is 6.36. The largest absolute Gasteiger partial charge is 0.353 e. The van der Waals surface area contributed by atoms with Gasteiger partial charge in [-0.05, 0) is 46.7 Å². The van der Waals surface area contributed by atoms with E-state index in [4.69, 9.17) is 5.73 Å². The van der Waals surface area contributed by atoms with Crippen molar-refractivity contribution in [3.63, 3.8) is 0 Å². The summed E-state index contributed by atoms with van der Waals surface area (Å²) in [5.41, 5.74) is 5.01. The molecule has 0 aliphatic heterocycles. The molecule has 1 atom stereocenters. The van der Waals surface area contributed by atoms with Gasteiger partial charge in [0.15, 0.2) is 0 Å². The van der Waals surface area contributed by atoms with E-state index in [0.717, 1.165) is 0 Å². The van der Waals surface area contributed by atoms with Crippen LogP contribution in [0.15, 0.2) is 0 Å². The minimum atomic E-state index is -0.788. The first-order valence-electron chi connectivity index (χ1n) is 7.06. The summed E-state index contributed by atoms with van der Waals surface area (Å²) in [5, 5.41) is 3.00. The van der Waals surface area contributed by atoms with Crippen LogP contribution in [-0.4, -0.2) is 43.0 Å². The Bertz CT molecular complexity index is 265. The normalized spacial score (nSPS) is 19.9. The standard InChI is InChI=1S/C14H29N3O/c1-14(2,15)13(18)16-10-12(17(3)4)11-8-6-5-7-9-11/h11-12H,5-10,15H2,1-4H3,(H,16,18). The Hall–Kier alpha value is -0.610. The number of nitrogens with two attached hydrogens (primary N) is 1. The molecule has 1 fully saturated rings. The zero-order valence-corrected chi connectivity index (χ0v) is 12.3. The number of carbonyl (C=O) groups excluding carboxylic acids is 1. The Balaban J connectivity index is 2.50. The van der Waals surface area contributed by atoms with Gasteiger partial charge in [-0.2, -0.15) is 0 Å². The molecule has 0 aromatic rings. The second kappa shape index (κ2) is 6.53. The molecule has 1 amide bonds. The van der Waals surface area contributed by atoms with Gasteiger partial charge in [0.2, 0.25) is 5.91 Å². The van der Waals surface area contributed by atoms with Crippen molar-refractivity contribution in [3.8, 4) is 0 Å². The lowest BCUT2D eigenvalue weighted by Gasteiger charge is -2.35. The monoisotopic (exact) mass is 255 g/mol. The van der Waals surface area contributed by atoms with E-state index in [1.54, 1.807) is 13.8 Å². The summed E-state index contributed by atoms with van der Waals surface area (Å²) in [6.07, 6.45) is 6.57. The Morgan fingerprint density at radius 3 is 2.33 bits per heavy atom. The summed E-state index contributed by atoms with van der Waals surface area (Å²) >= 11 is 0. The van der Waals surface area contributed by atoms with Gasteiger partial charge < -0.3 is 16.0 Å². The Kier molecular flexibility index (Phi) is 5.60. The summed E-state index contributed by atoms with van der Waals surface area (Å²) in [6, 6.07) is 0.427. The summed E-state index contributed by atoms with van der Waals surface area (Å²) in [4.78, 5) is 14.1.